The summed E-state index contributed by atoms with van der Waals surface area (Å²) in [6.45, 7) is 5.44. The van der Waals surface area contributed by atoms with E-state index in [1.807, 2.05) is 13.8 Å². The van der Waals surface area contributed by atoms with Crippen molar-refractivity contribution < 1.29 is 13.2 Å². The largest absolute Gasteiger partial charge is 0.340 e. The Labute approximate surface area is 108 Å². The summed E-state index contributed by atoms with van der Waals surface area (Å²) in [4.78, 5) is 14.1. The third-order valence-electron chi connectivity index (χ3n) is 4.03. The quantitative estimate of drug-likeness (QED) is 0.772. The molecule has 0 aromatic heterocycles. The zero-order chi connectivity index (χ0) is 13.6. The number of hydrogen-bond donors (Lipinski definition) is 1. The topological polar surface area (TPSA) is 83.7 Å². The maximum absolute atomic E-state index is 12.4. The van der Waals surface area contributed by atoms with Gasteiger partial charge in [0.1, 0.15) is 0 Å². The molecule has 1 aliphatic carbocycles. The summed E-state index contributed by atoms with van der Waals surface area (Å²) in [6, 6.07) is 0. The van der Waals surface area contributed by atoms with Crippen molar-refractivity contribution in [3.63, 3.8) is 0 Å². The van der Waals surface area contributed by atoms with E-state index in [9.17, 15) is 13.2 Å². The molecule has 1 saturated carbocycles. The van der Waals surface area contributed by atoms with Crippen LogP contribution >= 0.6 is 0 Å². The van der Waals surface area contributed by atoms with Gasteiger partial charge in [0.05, 0.1) is 0 Å². The zero-order valence-corrected chi connectivity index (χ0v) is 11.7. The van der Waals surface area contributed by atoms with Gasteiger partial charge in [-0.3, -0.25) is 4.79 Å². The number of nitrogens with zero attached hydrogens (tertiary/aromatic N) is 2. The number of piperazine rings is 1. The van der Waals surface area contributed by atoms with Crippen LogP contribution in [0, 0.1) is 11.3 Å². The highest BCUT2D eigenvalue weighted by Gasteiger charge is 2.45. The number of rotatable bonds is 3. The van der Waals surface area contributed by atoms with Crippen LogP contribution in [0.1, 0.15) is 26.7 Å². The van der Waals surface area contributed by atoms with Gasteiger partial charge in [0, 0.05) is 31.6 Å². The summed E-state index contributed by atoms with van der Waals surface area (Å²) < 4.78 is 23.6. The molecule has 0 spiro atoms. The third kappa shape index (κ3) is 2.67. The van der Waals surface area contributed by atoms with Crippen LogP contribution in [0.3, 0.4) is 0 Å². The molecule has 1 saturated heterocycles. The lowest BCUT2D eigenvalue weighted by atomic mass is 9.85. The SMILES string of the molecule is CC(C)(C(=O)N1CCN(S(N)(=O)=O)CC1)C1CC1. The van der Waals surface area contributed by atoms with Gasteiger partial charge in [0.25, 0.3) is 10.2 Å². The first-order valence-corrected chi connectivity index (χ1v) is 7.80. The maximum Gasteiger partial charge on any atom is 0.277 e. The molecule has 7 heteroatoms. The molecule has 0 radical (unpaired) electrons. The van der Waals surface area contributed by atoms with Gasteiger partial charge >= 0.3 is 0 Å². The second-order valence-corrected chi connectivity index (χ2v) is 7.28. The molecule has 18 heavy (non-hydrogen) atoms. The number of carbonyl (C=O) groups is 1. The van der Waals surface area contributed by atoms with E-state index in [4.69, 9.17) is 5.14 Å². The first-order valence-electron chi connectivity index (χ1n) is 6.30. The van der Waals surface area contributed by atoms with Crippen LogP contribution in [0.4, 0.5) is 0 Å². The average molecular weight is 275 g/mol. The Morgan fingerprint density at radius 2 is 1.67 bits per heavy atom. The van der Waals surface area contributed by atoms with Gasteiger partial charge in [0.15, 0.2) is 0 Å². The molecule has 0 bridgehead atoms. The molecular weight excluding hydrogens is 254 g/mol. The van der Waals surface area contributed by atoms with Crippen molar-refractivity contribution in [3.8, 4) is 0 Å². The van der Waals surface area contributed by atoms with Gasteiger partial charge in [-0.1, -0.05) is 13.8 Å². The standard InChI is InChI=1S/C11H21N3O3S/c1-11(2,9-3-4-9)10(15)13-5-7-14(8-6-13)18(12,16)17/h9H,3-8H2,1-2H3,(H2,12,16,17). The maximum atomic E-state index is 12.4. The zero-order valence-electron chi connectivity index (χ0n) is 10.9. The third-order valence-corrected chi connectivity index (χ3v) is 5.12. The Hall–Kier alpha value is -0.660. The summed E-state index contributed by atoms with van der Waals surface area (Å²) in [5.41, 5.74) is -0.316. The summed E-state index contributed by atoms with van der Waals surface area (Å²) >= 11 is 0. The summed E-state index contributed by atoms with van der Waals surface area (Å²) in [5.74, 6) is 0.625. The van der Waals surface area contributed by atoms with Crippen molar-refractivity contribution in [1.29, 1.82) is 0 Å². The minimum atomic E-state index is -3.62. The molecule has 1 aliphatic heterocycles. The summed E-state index contributed by atoms with van der Waals surface area (Å²) in [7, 11) is -3.62. The van der Waals surface area contributed by atoms with Crippen molar-refractivity contribution in [2.45, 2.75) is 26.7 Å². The Kier molecular flexibility index (Phi) is 3.42. The predicted octanol–water partition coefficient (Wildman–Crippen LogP) is -0.230. The molecule has 2 fully saturated rings. The first kappa shape index (κ1) is 13.8. The minimum absolute atomic E-state index is 0.138. The molecule has 1 heterocycles. The fourth-order valence-electron chi connectivity index (χ4n) is 2.53. The predicted molar refractivity (Wildman–Crippen MR) is 67.8 cm³/mol. The van der Waals surface area contributed by atoms with Crippen molar-refractivity contribution in [1.82, 2.24) is 9.21 Å². The van der Waals surface area contributed by atoms with E-state index in [1.54, 1.807) is 4.90 Å². The molecule has 0 atom stereocenters. The van der Waals surface area contributed by atoms with Crippen LogP contribution < -0.4 is 5.14 Å². The highest BCUT2D eigenvalue weighted by Crippen LogP contribution is 2.46. The second kappa shape index (κ2) is 4.47. The molecule has 0 unspecified atom stereocenters. The lowest BCUT2D eigenvalue weighted by molar-refractivity contribution is -0.142. The van der Waals surface area contributed by atoms with Crippen LogP contribution in [-0.2, 0) is 15.0 Å². The lowest BCUT2D eigenvalue weighted by Gasteiger charge is -2.37. The van der Waals surface area contributed by atoms with Crippen molar-refractivity contribution in [2.75, 3.05) is 26.2 Å². The van der Waals surface area contributed by atoms with Gasteiger partial charge in [-0.05, 0) is 18.8 Å². The fourth-order valence-corrected chi connectivity index (χ4v) is 3.21. The molecule has 2 N–H and O–H groups in total. The van der Waals surface area contributed by atoms with Gasteiger partial charge in [-0.15, -0.1) is 0 Å². The minimum Gasteiger partial charge on any atom is -0.340 e. The summed E-state index contributed by atoms with van der Waals surface area (Å²) in [6.07, 6.45) is 2.24. The fraction of sp³-hybridized carbons (Fsp3) is 0.909. The molecule has 1 amide bonds. The van der Waals surface area contributed by atoms with E-state index in [0.29, 0.717) is 32.1 Å². The van der Waals surface area contributed by atoms with Crippen LogP contribution in [-0.4, -0.2) is 49.7 Å². The molecule has 6 nitrogen and oxygen atoms in total. The highest BCUT2D eigenvalue weighted by molar-refractivity contribution is 7.86. The smallest absolute Gasteiger partial charge is 0.277 e. The van der Waals surface area contributed by atoms with Crippen LogP contribution in [0.15, 0.2) is 0 Å². The van der Waals surface area contributed by atoms with E-state index in [-0.39, 0.29) is 11.3 Å². The van der Waals surface area contributed by atoms with Crippen molar-refractivity contribution in [2.24, 2.45) is 16.5 Å². The van der Waals surface area contributed by atoms with Crippen LogP contribution in [0.2, 0.25) is 0 Å². The van der Waals surface area contributed by atoms with Crippen LogP contribution in [0.5, 0.6) is 0 Å². The van der Waals surface area contributed by atoms with Gasteiger partial charge < -0.3 is 4.90 Å². The van der Waals surface area contributed by atoms with E-state index in [0.717, 1.165) is 12.8 Å². The first-order chi connectivity index (χ1) is 8.23. The van der Waals surface area contributed by atoms with Gasteiger partial charge in [-0.25, -0.2) is 5.14 Å². The Balaban J connectivity index is 1.95. The normalized spacial score (nSPS) is 23.2. The number of nitrogens with two attached hydrogens (primary N) is 1. The van der Waals surface area contributed by atoms with E-state index in [1.165, 1.54) is 4.31 Å². The van der Waals surface area contributed by atoms with Crippen LogP contribution in [0.25, 0.3) is 0 Å². The Morgan fingerprint density at radius 1 is 1.17 bits per heavy atom. The number of carbonyl (C=O) groups excluding carboxylic acids is 1. The summed E-state index contributed by atoms with van der Waals surface area (Å²) in [5, 5.41) is 5.07. The molecule has 104 valence electrons. The molecule has 0 aromatic carbocycles. The van der Waals surface area contributed by atoms with E-state index in [2.05, 4.69) is 0 Å². The van der Waals surface area contributed by atoms with E-state index >= 15 is 0 Å². The molecule has 2 rings (SSSR count). The number of hydrogen-bond acceptors (Lipinski definition) is 3. The lowest BCUT2D eigenvalue weighted by Crippen LogP contribution is -2.54. The molecule has 2 aliphatic rings. The van der Waals surface area contributed by atoms with E-state index < -0.39 is 10.2 Å². The van der Waals surface area contributed by atoms with Crippen molar-refractivity contribution in [3.05, 3.63) is 0 Å². The second-order valence-electron chi connectivity index (χ2n) is 5.73. The Bertz CT molecular complexity index is 434. The molecule has 0 aromatic rings. The molecular formula is C11H21N3O3S. The van der Waals surface area contributed by atoms with Gasteiger partial charge in [0.2, 0.25) is 5.91 Å². The average Bonchev–Trinajstić information content (AvgIpc) is 3.11. The highest BCUT2D eigenvalue weighted by atomic mass is 32.2. The van der Waals surface area contributed by atoms with Gasteiger partial charge in [-0.2, -0.15) is 12.7 Å². The monoisotopic (exact) mass is 275 g/mol. The van der Waals surface area contributed by atoms with Crippen molar-refractivity contribution >= 4 is 16.1 Å². The number of amides is 1. The Morgan fingerprint density at radius 3 is 2.06 bits per heavy atom.